The molecule has 4 heterocycles. The van der Waals surface area contributed by atoms with E-state index < -0.39 is 0 Å². The number of aromatic nitrogens is 6. The summed E-state index contributed by atoms with van der Waals surface area (Å²) in [7, 11) is 0. The zero-order chi connectivity index (χ0) is 22.4. The maximum Gasteiger partial charge on any atom is 0.185 e. The summed E-state index contributed by atoms with van der Waals surface area (Å²) >= 11 is 6.80. The predicted molar refractivity (Wildman–Crippen MR) is 122 cm³/mol. The van der Waals surface area contributed by atoms with E-state index >= 15 is 0 Å². The second kappa shape index (κ2) is 8.16. The highest BCUT2D eigenvalue weighted by molar-refractivity contribution is 6.30. The molecule has 3 aromatic heterocycles. The van der Waals surface area contributed by atoms with E-state index in [2.05, 4.69) is 28.9 Å². The Hall–Kier alpha value is -3.00. The molecule has 9 heteroatoms. The average molecular weight is 454 g/mol. The Labute approximate surface area is 190 Å². The van der Waals surface area contributed by atoms with Crippen LogP contribution in [0.4, 0.5) is 10.2 Å². The number of hydrogen-bond donors (Lipinski definition) is 0. The van der Waals surface area contributed by atoms with Gasteiger partial charge in [0.15, 0.2) is 11.5 Å². The Bertz CT molecular complexity index is 1260. The van der Waals surface area contributed by atoms with Gasteiger partial charge in [0.1, 0.15) is 16.8 Å². The largest absolute Gasteiger partial charge is 0.348 e. The molecule has 7 nitrogen and oxygen atoms in total. The number of halogens is 2. The van der Waals surface area contributed by atoms with Gasteiger partial charge in [-0.05, 0) is 62.1 Å². The smallest absolute Gasteiger partial charge is 0.185 e. The number of fused-ring (bicyclic) bond motifs is 1. The lowest BCUT2D eigenvalue weighted by Crippen LogP contribution is -2.24. The Kier molecular flexibility index (Phi) is 5.33. The van der Waals surface area contributed by atoms with Crippen LogP contribution in [0.1, 0.15) is 44.0 Å². The molecule has 1 fully saturated rings. The molecule has 1 aliphatic heterocycles. The zero-order valence-electron chi connectivity index (χ0n) is 18.3. The van der Waals surface area contributed by atoms with Gasteiger partial charge in [0.2, 0.25) is 0 Å². The molecule has 1 aromatic carbocycles. The second-order valence-corrected chi connectivity index (χ2v) is 9.07. The Balaban J connectivity index is 1.53. The minimum absolute atomic E-state index is 0.110. The van der Waals surface area contributed by atoms with Gasteiger partial charge in [-0.2, -0.15) is 9.61 Å². The van der Waals surface area contributed by atoms with Crippen LogP contribution in [0.2, 0.25) is 5.15 Å². The molecule has 1 unspecified atom stereocenters. The monoisotopic (exact) mass is 453 g/mol. The predicted octanol–water partition coefficient (Wildman–Crippen LogP) is 5.09. The molecular weight excluding hydrogens is 429 g/mol. The Morgan fingerprint density at radius 1 is 1.09 bits per heavy atom. The summed E-state index contributed by atoms with van der Waals surface area (Å²) in [5, 5.41) is 18.8. The molecule has 1 saturated heterocycles. The molecule has 32 heavy (non-hydrogen) atoms. The molecule has 4 aromatic rings. The third-order valence-electron chi connectivity index (χ3n) is 5.88. The minimum Gasteiger partial charge on any atom is -0.348 e. The quantitative estimate of drug-likeness (QED) is 0.421. The first kappa shape index (κ1) is 20.9. The standard InChI is InChI=1S/C23H25ClFN7/c1-14(2)13-31-22(24)21(15(3)28-31)18-5-4-12-30(18)20-11-10-19-26-27-23(32(19)29-20)16-6-8-17(25)9-7-16/h6-11,14,18H,4-5,12-13H2,1-3H3. The van der Waals surface area contributed by atoms with Crippen LogP contribution in [0.3, 0.4) is 0 Å². The first-order valence-corrected chi connectivity index (χ1v) is 11.3. The van der Waals surface area contributed by atoms with Crippen LogP contribution in [-0.2, 0) is 6.54 Å². The summed E-state index contributed by atoms with van der Waals surface area (Å²) in [6.07, 6.45) is 2.03. The topological polar surface area (TPSA) is 64.1 Å². The van der Waals surface area contributed by atoms with E-state index in [4.69, 9.17) is 21.8 Å². The van der Waals surface area contributed by atoms with Crippen LogP contribution >= 0.6 is 11.6 Å². The molecule has 1 atom stereocenters. The fourth-order valence-corrected chi connectivity index (χ4v) is 4.83. The highest BCUT2D eigenvalue weighted by Gasteiger charge is 2.33. The molecule has 166 valence electrons. The van der Waals surface area contributed by atoms with E-state index in [-0.39, 0.29) is 11.9 Å². The highest BCUT2D eigenvalue weighted by Crippen LogP contribution is 2.40. The molecule has 0 saturated carbocycles. The number of hydrogen-bond acceptors (Lipinski definition) is 5. The van der Waals surface area contributed by atoms with Gasteiger partial charge < -0.3 is 4.90 Å². The van der Waals surface area contributed by atoms with Crippen molar-refractivity contribution in [2.75, 3.05) is 11.4 Å². The third-order valence-corrected chi connectivity index (χ3v) is 6.28. The second-order valence-electron chi connectivity index (χ2n) is 8.71. The van der Waals surface area contributed by atoms with Crippen LogP contribution in [0.15, 0.2) is 36.4 Å². The minimum atomic E-state index is -0.290. The van der Waals surface area contributed by atoms with Crippen molar-refractivity contribution in [3.63, 3.8) is 0 Å². The van der Waals surface area contributed by atoms with Gasteiger partial charge in [0, 0.05) is 24.2 Å². The maximum absolute atomic E-state index is 13.4. The number of anilines is 1. The van der Waals surface area contributed by atoms with Gasteiger partial charge >= 0.3 is 0 Å². The first-order chi connectivity index (χ1) is 15.4. The van der Waals surface area contributed by atoms with Gasteiger partial charge in [-0.25, -0.2) is 4.39 Å². The van der Waals surface area contributed by atoms with E-state index in [1.807, 2.05) is 23.7 Å². The Morgan fingerprint density at radius 2 is 1.88 bits per heavy atom. The van der Waals surface area contributed by atoms with E-state index in [0.29, 0.717) is 22.5 Å². The van der Waals surface area contributed by atoms with E-state index in [9.17, 15) is 4.39 Å². The first-order valence-electron chi connectivity index (χ1n) is 10.9. The summed E-state index contributed by atoms with van der Waals surface area (Å²) in [6.45, 7) is 8.01. The molecule has 0 amide bonds. The fraction of sp³-hybridized carbons (Fsp3) is 0.391. The van der Waals surface area contributed by atoms with Crippen molar-refractivity contribution in [2.24, 2.45) is 5.92 Å². The summed E-state index contributed by atoms with van der Waals surface area (Å²) in [4.78, 5) is 2.28. The summed E-state index contributed by atoms with van der Waals surface area (Å²) in [6, 6.07) is 10.2. The molecule has 0 radical (unpaired) electrons. The third kappa shape index (κ3) is 3.62. The average Bonchev–Trinajstić information content (AvgIpc) is 3.46. The normalized spacial score (nSPS) is 16.6. The van der Waals surface area contributed by atoms with Gasteiger partial charge in [-0.15, -0.1) is 15.3 Å². The number of nitrogens with zero attached hydrogens (tertiary/aromatic N) is 7. The van der Waals surface area contributed by atoms with Gasteiger partial charge in [0.25, 0.3) is 0 Å². The van der Waals surface area contributed by atoms with E-state index in [1.165, 1.54) is 12.1 Å². The fourth-order valence-electron chi connectivity index (χ4n) is 4.47. The highest BCUT2D eigenvalue weighted by atomic mass is 35.5. The van der Waals surface area contributed by atoms with Gasteiger partial charge in [0.05, 0.1) is 11.7 Å². The van der Waals surface area contributed by atoms with Crippen molar-refractivity contribution in [1.29, 1.82) is 0 Å². The summed E-state index contributed by atoms with van der Waals surface area (Å²) in [5.41, 5.74) is 3.44. The van der Waals surface area contributed by atoms with Crippen LogP contribution in [0.5, 0.6) is 0 Å². The lowest BCUT2D eigenvalue weighted by Gasteiger charge is -2.26. The number of rotatable bonds is 5. The van der Waals surface area contributed by atoms with Crippen LogP contribution < -0.4 is 4.90 Å². The number of aryl methyl sites for hydroxylation is 1. The Morgan fingerprint density at radius 3 is 2.62 bits per heavy atom. The van der Waals surface area contributed by atoms with Crippen LogP contribution in [0.25, 0.3) is 17.0 Å². The SMILES string of the molecule is Cc1nn(CC(C)C)c(Cl)c1C1CCCN1c1ccc2nnc(-c3ccc(F)cc3)n2n1. The van der Waals surface area contributed by atoms with Crippen molar-refractivity contribution in [3.05, 3.63) is 58.6 Å². The van der Waals surface area contributed by atoms with Crippen molar-refractivity contribution < 1.29 is 4.39 Å². The molecule has 0 bridgehead atoms. The maximum atomic E-state index is 13.4. The summed E-state index contributed by atoms with van der Waals surface area (Å²) in [5.74, 6) is 1.58. The molecule has 0 N–H and O–H groups in total. The molecule has 0 aliphatic carbocycles. The van der Waals surface area contributed by atoms with Crippen molar-refractivity contribution >= 4 is 23.1 Å². The molecule has 0 spiro atoms. The molecule has 1 aliphatic rings. The number of benzene rings is 1. The van der Waals surface area contributed by atoms with E-state index in [0.717, 1.165) is 48.6 Å². The van der Waals surface area contributed by atoms with Crippen LogP contribution in [-0.4, -0.2) is 36.1 Å². The van der Waals surface area contributed by atoms with Gasteiger partial charge in [-0.3, -0.25) is 4.68 Å². The van der Waals surface area contributed by atoms with E-state index in [1.54, 1.807) is 16.6 Å². The lowest BCUT2D eigenvalue weighted by atomic mass is 10.1. The lowest BCUT2D eigenvalue weighted by molar-refractivity contribution is 0.481. The van der Waals surface area contributed by atoms with Crippen LogP contribution in [0, 0.1) is 18.7 Å². The zero-order valence-corrected chi connectivity index (χ0v) is 19.1. The van der Waals surface area contributed by atoms with Gasteiger partial charge in [-0.1, -0.05) is 25.4 Å². The van der Waals surface area contributed by atoms with Crippen molar-refractivity contribution in [2.45, 2.75) is 46.2 Å². The van der Waals surface area contributed by atoms with Crippen molar-refractivity contribution in [1.82, 2.24) is 29.6 Å². The molecule has 5 rings (SSSR count). The van der Waals surface area contributed by atoms with Crippen molar-refractivity contribution in [3.8, 4) is 11.4 Å². The molecular formula is C23H25ClFN7. The summed E-state index contributed by atoms with van der Waals surface area (Å²) < 4.78 is 17.0.